The molecule has 1 aliphatic rings. The van der Waals surface area contributed by atoms with E-state index in [2.05, 4.69) is 15.4 Å². The molecular formula is C15H18N4O2. The molecule has 0 amide bonds. The Kier molecular flexibility index (Phi) is 3.62. The Balaban J connectivity index is 2.06. The third-order valence-electron chi connectivity index (χ3n) is 3.59. The van der Waals surface area contributed by atoms with E-state index in [1.807, 2.05) is 6.92 Å². The van der Waals surface area contributed by atoms with Gasteiger partial charge in [-0.3, -0.25) is 0 Å². The first-order valence-corrected chi connectivity index (χ1v) is 7.05. The van der Waals surface area contributed by atoms with Crippen molar-refractivity contribution in [2.75, 3.05) is 12.0 Å². The minimum absolute atomic E-state index is 0.110. The topological polar surface area (TPSA) is 93.3 Å². The average Bonchev–Trinajstić information content (AvgIpc) is 2.97. The quantitative estimate of drug-likeness (QED) is 0.588. The van der Waals surface area contributed by atoms with Crippen molar-refractivity contribution in [3.63, 3.8) is 0 Å². The molecule has 0 radical (unpaired) electrons. The lowest BCUT2D eigenvalue weighted by molar-refractivity contribution is 0.318. The van der Waals surface area contributed by atoms with Gasteiger partial charge in [0.1, 0.15) is 5.82 Å². The lowest BCUT2D eigenvalue weighted by atomic mass is 10.1. The van der Waals surface area contributed by atoms with Crippen molar-refractivity contribution in [1.29, 1.82) is 0 Å². The van der Waals surface area contributed by atoms with Crippen LogP contribution in [0.4, 0.5) is 5.82 Å². The number of aromatic nitrogens is 2. The summed E-state index contributed by atoms with van der Waals surface area (Å²) >= 11 is 0. The summed E-state index contributed by atoms with van der Waals surface area (Å²) in [6, 6.07) is 5.11. The molecule has 0 aliphatic heterocycles. The summed E-state index contributed by atoms with van der Waals surface area (Å²) in [6.45, 7) is 2.35. The Bertz CT molecular complexity index is 673. The van der Waals surface area contributed by atoms with Crippen molar-refractivity contribution in [3.05, 3.63) is 29.5 Å². The van der Waals surface area contributed by atoms with Gasteiger partial charge in [-0.05, 0) is 44.4 Å². The Labute approximate surface area is 123 Å². The van der Waals surface area contributed by atoms with Gasteiger partial charge in [0.2, 0.25) is 0 Å². The maximum absolute atomic E-state index is 9.77. The van der Waals surface area contributed by atoms with Crippen LogP contribution in [0.3, 0.4) is 0 Å². The summed E-state index contributed by atoms with van der Waals surface area (Å²) < 4.78 is 5.40. The van der Waals surface area contributed by atoms with Crippen molar-refractivity contribution in [3.8, 4) is 22.9 Å². The van der Waals surface area contributed by atoms with Gasteiger partial charge in [-0.15, -0.1) is 0 Å². The lowest BCUT2D eigenvalue weighted by Gasteiger charge is -2.11. The second kappa shape index (κ2) is 5.57. The van der Waals surface area contributed by atoms with Crippen LogP contribution in [-0.4, -0.2) is 21.7 Å². The van der Waals surface area contributed by atoms with Crippen LogP contribution < -0.4 is 16.0 Å². The Hall–Kier alpha value is -2.34. The van der Waals surface area contributed by atoms with Crippen LogP contribution in [0.15, 0.2) is 18.2 Å². The minimum Gasteiger partial charge on any atom is -0.504 e. The van der Waals surface area contributed by atoms with Gasteiger partial charge in [0.15, 0.2) is 17.3 Å². The number of phenols is 1. The van der Waals surface area contributed by atoms with Crippen LogP contribution in [0.25, 0.3) is 11.4 Å². The van der Waals surface area contributed by atoms with Crippen molar-refractivity contribution < 1.29 is 9.84 Å². The van der Waals surface area contributed by atoms with Gasteiger partial charge in [-0.25, -0.2) is 15.8 Å². The fraction of sp³-hybridized carbons (Fsp3) is 0.333. The van der Waals surface area contributed by atoms with E-state index >= 15 is 0 Å². The highest BCUT2D eigenvalue weighted by molar-refractivity contribution is 5.64. The van der Waals surface area contributed by atoms with E-state index in [1.54, 1.807) is 18.2 Å². The van der Waals surface area contributed by atoms with Crippen LogP contribution in [0.1, 0.15) is 24.6 Å². The fourth-order valence-corrected chi connectivity index (χ4v) is 2.61. The molecule has 0 bridgehead atoms. The maximum atomic E-state index is 9.77. The van der Waals surface area contributed by atoms with Gasteiger partial charge >= 0.3 is 0 Å². The summed E-state index contributed by atoms with van der Waals surface area (Å²) in [6.07, 6.45) is 2.97. The molecule has 1 aromatic carbocycles. The highest BCUT2D eigenvalue weighted by Gasteiger charge is 2.19. The predicted octanol–water partition coefficient (Wildman–Crippen LogP) is 2.02. The van der Waals surface area contributed by atoms with E-state index in [0.717, 1.165) is 36.1 Å². The summed E-state index contributed by atoms with van der Waals surface area (Å²) in [4.78, 5) is 9.10. The molecule has 2 aromatic rings. The van der Waals surface area contributed by atoms with Crippen molar-refractivity contribution in [1.82, 2.24) is 9.97 Å². The number of aryl methyl sites for hydroxylation is 1. The highest BCUT2D eigenvalue weighted by atomic mass is 16.5. The number of ether oxygens (including phenoxy) is 1. The zero-order valence-electron chi connectivity index (χ0n) is 11.9. The number of benzene rings is 1. The molecule has 0 spiro atoms. The first-order chi connectivity index (χ1) is 10.2. The first kappa shape index (κ1) is 13.6. The van der Waals surface area contributed by atoms with E-state index in [-0.39, 0.29) is 5.75 Å². The Morgan fingerprint density at radius 3 is 2.95 bits per heavy atom. The zero-order valence-corrected chi connectivity index (χ0v) is 11.9. The zero-order chi connectivity index (χ0) is 14.8. The summed E-state index contributed by atoms with van der Waals surface area (Å²) in [5, 5.41) is 9.77. The molecule has 1 aliphatic carbocycles. The standard InChI is InChI=1S/C15H18N4O2/c1-2-21-13-8-9(6-7-12(13)20)14-17-11-5-3-4-10(11)15(18-14)19-16/h6-8,20H,2-5,16H2,1H3,(H,17,18,19). The smallest absolute Gasteiger partial charge is 0.161 e. The largest absolute Gasteiger partial charge is 0.504 e. The molecule has 0 unspecified atom stereocenters. The molecule has 6 nitrogen and oxygen atoms in total. The third kappa shape index (κ3) is 2.50. The molecule has 110 valence electrons. The number of rotatable bonds is 4. The molecule has 3 rings (SSSR count). The van der Waals surface area contributed by atoms with E-state index in [4.69, 9.17) is 10.6 Å². The van der Waals surface area contributed by atoms with Gasteiger partial charge in [-0.1, -0.05) is 0 Å². The second-order valence-corrected chi connectivity index (χ2v) is 4.93. The number of phenolic OH excluding ortho intramolecular Hbond substituents is 1. The average molecular weight is 286 g/mol. The summed E-state index contributed by atoms with van der Waals surface area (Å²) in [7, 11) is 0. The van der Waals surface area contributed by atoms with Gasteiger partial charge in [0, 0.05) is 16.8 Å². The number of nitrogens with one attached hydrogen (secondary N) is 1. The van der Waals surface area contributed by atoms with Gasteiger partial charge < -0.3 is 15.3 Å². The Morgan fingerprint density at radius 2 is 2.19 bits per heavy atom. The van der Waals surface area contributed by atoms with Gasteiger partial charge in [-0.2, -0.15) is 0 Å². The molecule has 0 saturated carbocycles. The molecular weight excluding hydrogens is 268 g/mol. The van der Waals surface area contributed by atoms with Crippen LogP contribution >= 0.6 is 0 Å². The molecule has 0 fully saturated rings. The first-order valence-electron chi connectivity index (χ1n) is 7.05. The number of fused-ring (bicyclic) bond motifs is 1. The molecule has 0 saturated heterocycles. The molecule has 6 heteroatoms. The van der Waals surface area contributed by atoms with Crippen LogP contribution in [0.5, 0.6) is 11.5 Å². The Morgan fingerprint density at radius 1 is 1.33 bits per heavy atom. The SMILES string of the molecule is CCOc1cc(-c2nc3c(c(NN)n2)CCC3)ccc1O. The van der Waals surface area contributed by atoms with Crippen LogP contribution in [0, 0.1) is 0 Å². The van der Waals surface area contributed by atoms with E-state index in [1.165, 1.54) is 0 Å². The molecule has 1 heterocycles. The monoisotopic (exact) mass is 286 g/mol. The molecule has 0 atom stereocenters. The third-order valence-corrected chi connectivity index (χ3v) is 3.59. The number of hydrogen-bond donors (Lipinski definition) is 3. The molecule has 21 heavy (non-hydrogen) atoms. The number of hydrazine groups is 1. The number of nitrogen functional groups attached to an aromatic ring is 1. The van der Waals surface area contributed by atoms with Crippen LogP contribution in [0.2, 0.25) is 0 Å². The number of aromatic hydroxyl groups is 1. The van der Waals surface area contributed by atoms with Crippen LogP contribution in [-0.2, 0) is 12.8 Å². The maximum Gasteiger partial charge on any atom is 0.161 e. The van der Waals surface area contributed by atoms with Gasteiger partial charge in [0.05, 0.1) is 6.61 Å². The minimum atomic E-state index is 0.110. The van der Waals surface area contributed by atoms with Gasteiger partial charge in [0.25, 0.3) is 0 Å². The molecule has 1 aromatic heterocycles. The summed E-state index contributed by atoms with van der Waals surface area (Å²) in [5.41, 5.74) is 5.59. The van der Waals surface area contributed by atoms with Crippen molar-refractivity contribution in [2.45, 2.75) is 26.2 Å². The van der Waals surface area contributed by atoms with E-state index in [9.17, 15) is 5.11 Å². The van der Waals surface area contributed by atoms with Crippen molar-refractivity contribution >= 4 is 5.82 Å². The fourth-order valence-electron chi connectivity index (χ4n) is 2.61. The van der Waals surface area contributed by atoms with E-state index in [0.29, 0.717) is 24.0 Å². The lowest BCUT2D eigenvalue weighted by Crippen LogP contribution is -2.12. The normalized spacial score (nSPS) is 13.0. The number of nitrogens with zero attached hydrogens (tertiary/aromatic N) is 2. The number of hydrogen-bond acceptors (Lipinski definition) is 6. The van der Waals surface area contributed by atoms with Crippen molar-refractivity contribution in [2.24, 2.45) is 5.84 Å². The van der Waals surface area contributed by atoms with E-state index < -0.39 is 0 Å². The summed E-state index contributed by atoms with van der Waals surface area (Å²) in [5.74, 6) is 7.38. The second-order valence-electron chi connectivity index (χ2n) is 4.93. The number of nitrogens with two attached hydrogens (primary N) is 1. The number of anilines is 1. The predicted molar refractivity (Wildman–Crippen MR) is 80.1 cm³/mol. The molecule has 4 N–H and O–H groups in total. The highest BCUT2D eigenvalue weighted by Crippen LogP contribution is 2.33.